The van der Waals surface area contributed by atoms with E-state index in [1.807, 2.05) is 37.3 Å². The van der Waals surface area contributed by atoms with Gasteiger partial charge in [-0.3, -0.25) is 10.1 Å². The number of likely N-dealkylation sites (N-methyl/N-ethyl adjacent to an activating group) is 1. The van der Waals surface area contributed by atoms with Crippen molar-refractivity contribution in [2.24, 2.45) is 0 Å². The largest absolute Gasteiger partial charge is 0.450 e. The molecule has 5 nitrogen and oxygen atoms in total. The van der Waals surface area contributed by atoms with Crippen LogP contribution in [0.2, 0.25) is 0 Å². The Labute approximate surface area is 160 Å². The van der Waals surface area contributed by atoms with Crippen LogP contribution in [-0.2, 0) is 13.0 Å². The van der Waals surface area contributed by atoms with Gasteiger partial charge in [-0.15, -0.1) is 11.3 Å². The van der Waals surface area contributed by atoms with E-state index in [0.717, 1.165) is 52.5 Å². The van der Waals surface area contributed by atoms with Gasteiger partial charge in [-0.05, 0) is 19.4 Å². The third-order valence-corrected chi connectivity index (χ3v) is 6.17. The number of amides is 1. The summed E-state index contributed by atoms with van der Waals surface area (Å²) in [6.07, 6.45) is 0.924. The second-order valence-corrected chi connectivity index (χ2v) is 8.13. The molecule has 1 amide bonds. The molecule has 3 heterocycles. The number of hydrogen-bond donors (Lipinski definition) is 1. The highest BCUT2D eigenvalue weighted by molar-refractivity contribution is 7.15. The lowest BCUT2D eigenvalue weighted by molar-refractivity contribution is 0.0998. The highest BCUT2D eigenvalue weighted by Crippen LogP contribution is 2.33. The maximum absolute atomic E-state index is 12.9. The summed E-state index contributed by atoms with van der Waals surface area (Å²) in [5.41, 5.74) is 2.71. The van der Waals surface area contributed by atoms with Gasteiger partial charge >= 0.3 is 0 Å². The van der Waals surface area contributed by atoms with E-state index < -0.39 is 0 Å². The number of hydrogen-bond acceptors (Lipinski definition) is 5. The van der Waals surface area contributed by atoms with Crippen molar-refractivity contribution in [3.63, 3.8) is 0 Å². The third kappa shape index (κ3) is 2.72. The quantitative estimate of drug-likeness (QED) is 0.555. The topological polar surface area (TPSA) is 58.4 Å². The number of benzene rings is 2. The predicted molar refractivity (Wildman–Crippen MR) is 109 cm³/mol. The summed E-state index contributed by atoms with van der Waals surface area (Å²) in [5.74, 6) is 0.110. The standard InChI is InChI=1S/C21H19N3O2S/c1-12-14-8-7-13-5-3-4-6-15(13)19(14)26-18(12)20(25)23-21-22-16-9-10-24(2)11-17(16)27-21/h3-8H,9-11H2,1-2H3,(H,22,23,25). The number of rotatable bonds is 2. The average molecular weight is 377 g/mol. The van der Waals surface area contributed by atoms with Crippen molar-refractivity contribution in [3.8, 4) is 0 Å². The minimum atomic E-state index is -0.243. The van der Waals surface area contributed by atoms with E-state index in [4.69, 9.17) is 4.42 Å². The molecule has 1 N–H and O–H groups in total. The van der Waals surface area contributed by atoms with E-state index in [1.54, 1.807) is 11.3 Å². The van der Waals surface area contributed by atoms with Gasteiger partial charge in [-0.1, -0.05) is 36.4 Å². The van der Waals surface area contributed by atoms with Crippen molar-refractivity contribution >= 4 is 44.1 Å². The number of aryl methyl sites for hydroxylation is 1. The monoisotopic (exact) mass is 377 g/mol. The van der Waals surface area contributed by atoms with Gasteiger partial charge in [-0.25, -0.2) is 4.98 Å². The Morgan fingerprint density at radius 2 is 2.07 bits per heavy atom. The van der Waals surface area contributed by atoms with Crippen LogP contribution in [0.25, 0.3) is 21.7 Å². The molecule has 0 aliphatic carbocycles. The van der Waals surface area contributed by atoms with Gasteiger partial charge in [0.05, 0.1) is 5.69 Å². The lowest BCUT2D eigenvalue weighted by Gasteiger charge is -2.20. The normalized spacial score (nSPS) is 14.6. The number of carbonyl (C=O) groups is 1. The molecule has 6 heteroatoms. The van der Waals surface area contributed by atoms with E-state index in [0.29, 0.717) is 10.9 Å². The average Bonchev–Trinajstić information content (AvgIpc) is 3.22. The summed E-state index contributed by atoms with van der Waals surface area (Å²) in [5, 5.41) is 6.67. The molecule has 0 bridgehead atoms. The van der Waals surface area contributed by atoms with Gasteiger partial charge in [0.1, 0.15) is 5.58 Å². The summed E-state index contributed by atoms with van der Waals surface area (Å²) < 4.78 is 6.02. The Bertz CT molecular complexity index is 1190. The molecule has 0 fully saturated rings. The zero-order valence-corrected chi connectivity index (χ0v) is 16.0. The molecule has 0 saturated carbocycles. The molecule has 1 aliphatic heterocycles. The number of thiazole rings is 1. The van der Waals surface area contributed by atoms with Crippen molar-refractivity contribution in [2.75, 3.05) is 18.9 Å². The first-order valence-corrected chi connectivity index (χ1v) is 9.81. The van der Waals surface area contributed by atoms with Crippen molar-refractivity contribution in [2.45, 2.75) is 19.9 Å². The van der Waals surface area contributed by atoms with Gasteiger partial charge in [0.15, 0.2) is 10.9 Å². The SMILES string of the molecule is Cc1c(C(=O)Nc2nc3c(s2)CN(C)CC3)oc2c1ccc1ccccc12. The lowest BCUT2D eigenvalue weighted by atomic mass is 10.1. The zero-order valence-electron chi connectivity index (χ0n) is 15.2. The summed E-state index contributed by atoms with van der Waals surface area (Å²) in [7, 11) is 2.10. The van der Waals surface area contributed by atoms with Crippen LogP contribution in [0, 0.1) is 6.92 Å². The number of nitrogens with one attached hydrogen (secondary N) is 1. The highest BCUT2D eigenvalue weighted by Gasteiger charge is 2.22. The van der Waals surface area contributed by atoms with Crippen molar-refractivity contribution in [3.05, 3.63) is 58.3 Å². The van der Waals surface area contributed by atoms with Crippen LogP contribution in [0.5, 0.6) is 0 Å². The first kappa shape index (κ1) is 16.5. The Morgan fingerprint density at radius 1 is 1.22 bits per heavy atom. The summed E-state index contributed by atoms with van der Waals surface area (Å²) >= 11 is 1.55. The van der Waals surface area contributed by atoms with Crippen molar-refractivity contribution in [1.82, 2.24) is 9.88 Å². The molecule has 0 spiro atoms. The van der Waals surface area contributed by atoms with Gasteiger partial charge < -0.3 is 9.32 Å². The smallest absolute Gasteiger partial charge is 0.293 e. The second-order valence-electron chi connectivity index (χ2n) is 7.05. The minimum absolute atomic E-state index is 0.243. The van der Waals surface area contributed by atoms with Gasteiger partial charge in [-0.2, -0.15) is 0 Å². The Hall–Kier alpha value is -2.70. The molecular formula is C21H19N3O2S. The van der Waals surface area contributed by atoms with Crippen molar-refractivity contribution in [1.29, 1.82) is 0 Å². The fourth-order valence-electron chi connectivity index (χ4n) is 3.70. The molecule has 5 rings (SSSR count). The number of furan rings is 1. The van der Waals surface area contributed by atoms with Crippen LogP contribution >= 0.6 is 11.3 Å². The highest BCUT2D eigenvalue weighted by atomic mass is 32.1. The third-order valence-electron chi connectivity index (χ3n) is 5.18. The molecular weight excluding hydrogens is 358 g/mol. The van der Waals surface area contributed by atoms with Crippen LogP contribution < -0.4 is 5.32 Å². The van der Waals surface area contributed by atoms with Crippen LogP contribution in [-0.4, -0.2) is 29.4 Å². The minimum Gasteiger partial charge on any atom is -0.450 e. The molecule has 2 aromatic heterocycles. The Balaban J connectivity index is 1.51. The molecule has 2 aromatic carbocycles. The zero-order chi connectivity index (χ0) is 18.5. The van der Waals surface area contributed by atoms with Crippen LogP contribution in [0.15, 0.2) is 40.8 Å². The first-order chi connectivity index (χ1) is 13.1. The number of fused-ring (bicyclic) bond motifs is 4. The lowest BCUT2D eigenvalue weighted by Crippen LogP contribution is -2.25. The molecule has 136 valence electrons. The number of anilines is 1. The Morgan fingerprint density at radius 3 is 2.96 bits per heavy atom. The van der Waals surface area contributed by atoms with Crippen LogP contribution in [0.4, 0.5) is 5.13 Å². The van der Waals surface area contributed by atoms with E-state index in [1.165, 1.54) is 4.88 Å². The summed E-state index contributed by atoms with van der Waals surface area (Å²) in [6, 6.07) is 12.1. The predicted octanol–water partition coefficient (Wildman–Crippen LogP) is 4.59. The van der Waals surface area contributed by atoms with E-state index in [-0.39, 0.29) is 5.91 Å². The molecule has 0 unspecified atom stereocenters. The molecule has 27 heavy (non-hydrogen) atoms. The maximum Gasteiger partial charge on any atom is 0.293 e. The molecule has 0 atom stereocenters. The van der Waals surface area contributed by atoms with Gasteiger partial charge in [0, 0.05) is 40.7 Å². The second kappa shape index (κ2) is 6.18. The number of nitrogens with zero attached hydrogens (tertiary/aromatic N) is 2. The van der Waals surface area contributed by atoms with Crippen LogP contribution in [0.1, 0.15) is 26.7 Å². The molecule has 0 radical (unpaired) electrons. The molecule has 0 saturated heterocycles. The van der Waals surface area contributed by atoms with Gasteiger partial charge in [0.2, 0.25) is 0 Å². The van der Waals surface area contributed by atoms with Crippen molar-refractivity contribution < 1.29 is 9.21 Å². The van der Waals surface area contributed by atoms with Crippen LogP contribution in [0.3, 0.4) is 0 Å². The maximum atomic E-state index is 12.9. The van der Waals surface area contributed by atoms with E-state index >= 15 is 0 Å². The molecule has 1 aliphatic rings. The summed E-state index contributed by atoms with van der Waals surface area (Å²) in [6.45, 7) is 3.82. The van der Waals surface area contributed by atoms with Gasteiger partial charge in [0.25, 0.3) is 5.91 Å². The first-order valence-electron chi connectivity index (χ1n) is 8.99. The fraction of sp³-hybridized carbons (Fsp3) is 0.238. The fourth-order valence-corrected chi connectivity index (χ4v) is 4.78. The number of carbonyl (C=O) groups excluding carboxylic acids is 1. The van der Waals surface area contributed by atoms with E-state index in [2.05, 4.69) is 28.3 Å². The number of aromatic nitrogens is 1. The summed E-state index contributed by atoms with van der Waals surface area (Å²) in [4.78, 5) is 21.0. The molecule has 4 aromatic rings. The Kier molecular flexibility index (Phi) is 3.77. The van der Waals surface area contributed by atoms with E-state index in [9.17, 15) is 4.79 Å².